The van der Waals surface area contributed by atoms with Crippen LogP contribution < -0.4 is 5.32 Å². The van der Waals surface area contributed by atoms with Crippen LogP contribution in [0.2, 0.25) is 0 Å². The predicted molar refractivity (Wildman–Crippen MR) is 56.9 cm³/mol. The van der Waals surface area contributed by atoms with Crippen molar-refractivity contribution >= 4 is 26.7 Å². The number of nitrogens with zero attached hydrogens (tertiary/aromatic N) is 1. The highest BCUT2D eigenvalue weighted by atomic mass is 32.1. The molecule has 0 unspecified atom stereocenters. The number of hydrogen-bond acceptors (Lipinski definition) is 3. The van der Waals surface area contributed by atoms with Gasteiger partial charge >= 0.3 is 0 Å². The van der Waals surface area contributed by atoms with Gasteiger partial charge < -0.3 is 5.32 Å². The first-order chi connectivity index (χ1) is 6.40. The lowest BCUT2D eigenvalue weighted by Crippen LogP contribution is -1.96. The molecule has 1 heterocycles. The molecule has 0 fully saturated rings. The minimum absolute atomic E-state index is 0.528. The molecule has 2 rings (SSSR count). The van der Waals surface area contributed by atoms with Gasteiger partial charge in [0.15, 0.2) is 5.13 Å². The van der Waals surface area contributed by atoms with Crippen LogP contribution >= 0.6 is 11.3 Å². The van der Waals surface area contributed by atoms with Gasteiger partial charge in [0.25, 0.3) is 0 Å². The summed E-state index contributed by atoms with van der Waals surface area (Å²) < 4.78 is 1.18. The number of anilines is 1. The Morgan fingerprint density at radius 3 is 3.08 bits per heavy atom. The molecule has 0 aliphatic carbocycles. The van der Waals surface area contributed by atoms with Crippen LogP contribution in [0.4, 0.5) is 5.13 Å². The molecule has 0 bridgehead atoms. The van der Waals surface area contributed by atoms with Crippen molar-refractivity contribution in [3.63, 3.8) is 0 Å². The second-order valence-electron chi connectivity index (χ2n) is 2.54. The van der Waals surface area contributed by atoms with Crippen LogP contribution in [-0.4, -0.2) is 11.5 Å². The monoisotopic (exact) mass is 188 g/mol. The van der Waals surface area contributed by atoms with Crippen LogP contribution in [0.5, 0.6) is 0 Å². The number of hydrogen-bond donors (Lipinski definition) is 1. The summed E-state index contributed by atoms with van der Waals surface area (Å²) in [4.78, 5) is 4.36. The molecular weight excluding hydrogens is 180 g/mol. The van der Waals surface area contributed by atoms with Gasteiger partial charge in [0.05, 0.1) is 16.8 Å². The molecule has 64 valence electrons. The summed E-state index contributed by atoms with van der Waals surface area (Å²) in [6.07, 6.45) is 5.13. The van der Waals surface area contributed by atoms with Crippen LogP contribution in [0.1, 0.15) is 0 Å². The number of para-hydroxylation sites is 1. The van der Waals surface area contributed by atoms with E-state index in [4.69, 9.17) is 6.42 Å². The highest BCUT2D eigenvalue weighted by Gasteiger charge is 2.00. The second kappa shape index (κ2) is 3.46. The summed E-state index contributed by atoms with van der Waals surface area (Å²) in [5.41, 5.74) is 1.02. The smallest absolute Gasteiger partial charge is 0.184 e. The molecule has 13 heavy (non-hydrogen) atoms. The zero-order valence-electron chi connectivity index (χ0n) is 6.95. The van der Waals surface area contributed by atoms with E-state index in [2.05, 4.69) is 16.2 Å². The van der Waals surface area contributed by atoms with Crippen molar-refractivity contribution in [1.29, 1.82) is 0 Å². The van der Waals surface area contributed by atoms with E-state index in [0.717, 1.165) is 10.6 Å². The van der Waals surface area contributed by atoms with Crippen LogP contribution in [0, 0.1) is 12.3 Å². The summed E-state index contributed by atoms with van der Waals surface area (Å²) in [7, 11) is 0. The predicted octanol–water partition coefficient (Wildman–Crippen LogP) is 2.34. The zero-order chi connectivity index (χ0) is 9.10. The SMILES string of the molecule is C#CCNc1nc2ccccc2s1. The largest absolute Gasteiger partial charge is 0.351 e. The summed E-state index contributed by atoms with van der Waals surface area (Å²) >= 11 is 1.62. The van der Waals surface area contributed by atoms with Crippen molar-refractivity contribution in [2.45, 2.75) is 0 Å². The second-order valence-corrected chi connectivity index (χ2v) is 3.58. The summed E-state index contributed by atoms with van der Waals surface area (Å²) in [6, 6.07) is 8.03. The lowest BCUT2D eigenvalue weighted by molar-refractivity contribution is 1.34. The molecule has 1 aromatic carbocycles. The van der Waals surface area contributed by atoms with E-state index in [9.17, 15) is 0 Å². The quantitative estimate of drug-likeness (QED) is 0.732. The highest BCUT2D eigenvalue weighted by Crippen LogP contribution is 2.24. The summed E-state index contributed by atoms with van der Waals surface area (Å²) in [6.45, 7) is 0.528. The fourth-order valence-electron chi connectivity index (χ4n) is 1.07. The maximum absolute atomic E-state index is 5.13. The van der Waals surface area contributed by atoms with Gasteiger partial charge in [-0.15, -0.1) is 6.42 Å². The molecular formula is C10H8N2S. The first kappa shape index (κ1) is 8.09. The van der Waals surface area contributed by atoms with E-state index in [1.807, 2.05) is 24.3 Å². The van der Waals surface area contributed by atoms with Crippen LogP contribution in [0.25, 0.3) is 10.2 Å². The maximum atomic E-state index is 5.13. The molecule has 1 aromatic heterocycles. The third kappa shape index (κ3) is 1.63. The fraction of sp³-hybridized carbons (Fsp3) is 0.100. The van der Waals surface area contributed by atoms with Gasteiger partial charge in [-0.25, -0.2) is 4.98 Å². The number of terminal acetylenes is 1. The zero-order valence-corrected chi connectivity index (χ0v) is 7.77. The molecule has 0 aliphatic heterocycles. The number of fused-ring (bicyclic) bond motifs is 1. The van der Waals surface area contributed by atoms with Gasteiger partial charge in [-0.05, 0) is 12.1 Å². The minimum Gasteiger partial charge on any atom is -0.351 e. The van der Waals surface area contributed by atoms with E-state index < -0.39 is 0 Å². The van der Waals surface area contributed by atoms with E-state index in [0.29, 0.717) is 6.54 Å². The molecule has 2 nitrogen and oxygen atoms in total. The molecule has 0 atom stereocenters. The summed E-state index contributed by atoms with van der Waals surface area (Å²) in [5, 5.41) is 3.94. The van der Waals surface area contributed by atoms with Crippen molar-refractivity contribution in [1.82, 2.24) is 4.98 Å². The third-order valence-electron chi connectivity index (χ3n) is 1.64. The Balaban J connectivity index is 2.34. The lowest BCUT2D eigenvalue weighted by atomic mass is 10.3. The molecule has 0 spiro atoms. The van der Waals surface area contributed by atoms with Crippen molar-refractivity contribution in [2.24, 2.45) is 0 Å². The van der Waals surface area contributed by atoms with Gasteiger partial charge in [0.1, 0.15) is 0 Å². The van der Waals surface area contributed by atoms with E-state index >= 15 is 0 Å². The molecule has 2 aromatic rings. The van der Waals surface area contributed by atoms with Gasteiger partial charge in [-0.2, -0.15) is 0 Å². The topological polar surface area (TPSA) is 24.9 Å². The number of benzene rings is 1. The number of nitrogens with one attached hydrogen (secondary N) is 1. The van der Waals surface area contributed by atoms with Gasteiger partial charge in [-0.1, -0.05) is 29.4 Å². The van der Waals surface area contributed by atoms with Gasteiger partial charge in [-0.3, -0.25) is 0 Å². The van der Waals surface area contributed by atoms with Crippen molar-refractivity contribution in [2.75, 3.05) is 11.9 Å². The molecule has 1 N–H and O–H groups in total. The average Bonchev–Trinajstić information content (AvgIpc) is 2.57. The van der Waals surface area contributed by atoms with E-state index in [-0.39, 0.29) is 0 Å². The minimum atomic E-state index is 0.528. The third-order valence-corrected chi connectivity index (χ3v) is 2.63. The van der Waals surface area contributed by atoms with Gasteiger partial charge in [0, 0.05) is 0 Å². The molecule has 0 saturated carbocycles. The number of thiazole rings is 1. The highest BCUT2D eigenvalue weighted by molar-refractivity contribution is 7.22. The Morgan fingerprint density at radius 2 is 2.31 bits per heavy atom. The number of aromatic nitrogens is 1. The average molecular weight is 188 g/mol. The van der Waals surface area contributed by atoms with Crippen LogP contribution in [-0.2, 0) is 0 Å². The van der Waals surface area contributed by atoms with Crippen LogP contribution in [0.15, 0.2) is 24.3 Å². The van der Waals surface area contributed by atoms with Crippen LogP contribution in [0.3, 0.4) is 0 Å². The first-order valence-corrected chi connectivity index (χ1v) is 4.75. The Labute approximate surface area is 80.6 Å². The Hall–Kier alpha value is -1.53. The van der Waals surface area contributed by atoms with Gasteiger partial charge in [0.2, 0.25) is 0 Å². The molecule has 0 saturated heterocycles. The lowest BCUT2D eigenvalue weighted by Gasteiger charge is -1.91. The first-order valence-electron chi connectivity index (χ1n) is 3.93. The van der Waals surface area contributed by atoms with Crippen molar-refractivity contribution in [3.8, 4) is 12.3 Å². The number of rotatable bonds is 2. The molecule has 0 radical (unpaired) electrons. The molecule has 0 amide bonds. The maximum Gasteiger partial charge on any atom is 0.184 e. The molecule has 0 aliphatic rings. The Morgan fingerprint density at radius 1 is 1.46 bits per heavy atom. The normalized spacial score (nSPS) is 9.77. The Kier molecular flexibility index (Phi) is 2.15. The fourth-order valence-corrected chi connectivity index (χ4v) is 1.94. The van der Waals surface area contributed by atoms with Crippen molar-refractivity contribution < 1.29 is 0 Å². The van der Waals surface area contributed by atoms with E-state index in [1.54, 1.807) is 11.3 Å². The van der Waals surface area contributed by atoms with E-state index in [1.165, 1.54) is 4.70 Å². The van der Waals surface area contributed by atoms with Crippen molar-refractivity contribution in [3.05, 3.63) is 24.3 Å². The Bertz CT molecular complexity index is 420. The summed E-state index contributed by atoms with van der Waals surface area (Å²) in [5.74, 6) is 2.52. The molecule has 3 heteroatoms. The standard InChI is InChI=1S/C10H8N2S/c1-2-7-11-10-12-8-5-3-4-6-9(8)13-10/h1,3-6H,7H2,(H,11,12).